The number of carbonyl (C=O) groups is 1. The van der Waals surface area contributed by atoms with Gasteiger partial charge in [0.1, 0.15) is 0 Å². The van der Waals surface area contributed by atoms with Crippen molar-refractivity contribution in [3.8, 4) is 0 Å². The normalized spacial score (nSPS) is 12.1. The summed E-state index contributed by atoms with van der Waals surface area (Å²) in [5.41, 5.74) is 2.32. The number of carboxylic acid groups (broad SMARTS) is 1. The third-order valence-electron chi connectivity index (χ3n) is 2.81. The Balaban J connectivity index is 2.42. The number of aryl methyl sites for hydroxylation is 1. The van der Waals surface area contributed by atoms with Crippen molar-refractivity contribution in [3.63, 3.8) is 0 Å². The Kier molecular flexibility index (Phi) is 5.53. The lowest BCUT2D eigenvalue weighted by atomic mass is 10.1. The molecule has 0 aliphatic carbocycles. The molecule has 0 amide bonds. The maximum atomic E-state index is 10.7. The van der Waals surface area contributed by atoms with E-state index in [0.717, 1.165) is 12.1 Å². The van der Waals surface area contributed by atoms with Crippen molar-refractivity contribution in [1.29, 1.82) is 0 Å². The van der Waals surface area contributed by atoms with Crippen LogP contribution in [0.3, 0.4) is 0 Å². The first-order valence-corrected chi connectivity index (χ1v) is 6.19. The van der Waals surface area contributed by atoms with Gasteiger partial charge >= 0.3 is 5.97 Å². The third-order valence-corrected chi connectivity index (χ3v) is 2.81. The molecule has 94 valence electrons. The zero-order valence-electron chi connectivity index (χ0n) is 10.6. The molecule has 0 saturated heterocycles. The molecule has 1 aromatic carbocycles. The molecule has 2 N–H and O–H groups in total. The van der Waals surface area contributed by atoms with Gasteiger partial charge in [0.05, 0.1) is 5.92 Å². The SMILES string of the molecule is CCCCc1ccc(NCC(C)C(=O)O)cc1. The molecule has 0 aromatic heterocycles. The lowest BCUT2D eigenvalue weighted by Crippen LogP contribution is -2.19. The maximum absolute atomic E-state index is 10.7. The van der Waals surface area contributed by atoms with Crippen molar-refractivity contribution in [1.82, 2.24) is 0 Å². The van der Waals surface area contributed by atoms with Crippen molar-refractivity contribution >= 4 is 11.7 Å². The molecular weight excluding hydrogens is 214 g/mol. The Morgan fingerprint density at radius 1 is 1.35 bits per heavy atom. The van der Waals surface area contributed by atoms with Crippen molar-refractivity contribution in [2.45, 2.75) is 33.1 Å². The Hall–Kier alpha value is -1.51. The zero-order valence-corrected chi connectivity index (χ0v) is 10.6. The first-order valence-electron chi connectivity index (χ1n) is 6.19. The van der Waals surface area contributed by atoms with Crippen molar-refractivity contribution in [2.24, 2.45) is 5.92 Å². The fraction of sp³-hybridized carbons (Fsp3) is 0.500. The number of benzene rings is 1. The summed E-state index contributed by atoms with van der Waals surface area (Å²) in [6.07, 6.45) is 3.53. The molecule has 0 bridgehead atoms. The molecule has 0 spiro atoms. The lowest BCUT2D eigenvalue weighted by molar-refractivity contribution is -0.140. The predicted octanol–water partition coefficient (Wildman–Crippen LogP) is 3.16. The van der Waals surface area contributed by atoms with E-state index < -0.39 is 5.97 Å². The van der Waals surface area contributed by atoms with Crippen LogP contribution in [-0.2, 0) is 11.2 Å². The average Bonchev–Trinajstić information content (AvgIpc) is 2.34. The summed E-state index contributed by atoms with van der Waals surface area (Å²) < 4.78 is 0. The molecule has 1 aromatic rings. The minimum Gasteiger partial charge on any atom is -0.481 e. The van der Waals surface area contributed by atoms with Crippen LogP contribution in [0.1, 0.15) is 32.3 Å². The summed E-state index contributed by atoms with van der Waals surface area (Å²) in [6.45, 7) is 4.35. The quantitative estimate of drug-likeness (QED) is 0.763. The number of nitrogens with one attached hydrogen (secondary N) is 1. The molecule has 3 nitrogen and oxygen atoms in total. The van der Waals surface area contributed by atoms with Crippen LogP contribution in [0, 0.1) is 5.92 Å². The van der Waals surface area contributed by atoms with Crippen LogP contribution < -0.4 is 5.32 Å². The molecule has 17 heavy (non-hydrogen) atoms. The summed E-state index contributed by atoms with van der Waals surface area (Å²) in [4.78, 5) is 10.7. The number of rotatable bonds is 7. The van der Waals surface area contributed by atoms with Gasteiger partial charge in [0.25, 0.3) is 0 Å². The van der Waals surface area contributed by atoms with Gasteiger partial charge in [0.2, 0.25) is 0 Å². The zero-order chi connectivity index (χ0) is 12.7. The number of unbranched alkanes of at least 4 members (excludes halogenated alkanes) is 1. The van der Waals surface area contributed by atoms with Crippen molar-refractivity contribution in [2.75, 3.05) is 11.9 Å². The highest BCUT2D eigenvalue weighted by Gasteiger charge is 2.09. The van der Waals surface area contributed by atoms with Crippen LogP contribution in [0.4, 0.5) is 5.69 Å². The van der Waals surface area contributed by atoms with Gasteiger partial charge in [-0.15, -0.1) is 0 Å². The van der Waals surface area contributed by atoms with E-state index in [2.05, 4.69) is 24.4 Å². The second-order valence-corrected chi connectivity index (χ2v) is 4.42. The number of carboxylic acids is 1. The molecule has 0 fully saturated rings. The van der Waals surface area contributed by atoms with Crippen LogP contribution in [0.15, 0.2) is 24.3 Å². The monoisotopic (exact) mass is 235 g/mol. The number of anilines is 1. The highest BCUT2D eigenvalue weighted by molar-refractivity contribution is 5.70. The highest BCUT2D eigenvalue weighted by Crippen LogP contribution is 2.12. The van der Waals surface area contributed by atoms with Crippen molar-refractivity contribution < 1.29 is 9.90 Å². The highest BCUT2D eigenvalue weighted by atomic mass is 16.4. The summed E-state index contributed by atoms with van der Waals surface area (Å²) in [7, 11) is 0. The van der Waals surface area contributed by atoms with E-state index in [0.29, 0.717) is 6.54 Å². The Morgan fingerprint density at radius 2 is 2.00 bits per heavy atom. The number of aliphatic carboxylic acids is 1. The second kappa shape index (κ2) is 6.94. The molecule has 1 rings (SSSR count). The Bertz CT molecular complexity index is 346. The van der Waals surface area contributed by atoms with Gasteiger partial charge in [0.15, 0.2) is 0 Å². The van der Waals surface area contributed by atoms with Gasteiger partial charge in [-0.05, 0) is 30.5 Å². The Morgan fingerprint density at radius 3 is 2.53 bits per heavy atom. The van der Waals surface area contributed by atoms with E-state index >= 15 is 0 Å². The van der Waals surface area contributed by atoms with Crippen molar-refractivity contribution in [3.05, 3.63) is 29.8 Å². The van der Waals surface area contributed by atoms with Gasteiger partial charge in [0, 0.05) is 12.2 Å². The van der Waals surface area contributed by atoms with Crippen LogP contribution in [0.25, 0.3) is 0 Å². The van der Waals surface area contributed by atoms with Gasteiger partial charge in [-0.25, -0.2) is 0 Å². The summed E-state index contributed by atoms with van der Waals surface area (Å²) >= 11 is 0. The van der Waals surface area contributed by atoms with E-state index in [-0.39, 0.29) is 5.92 Å². The summed E-state index contributed by atoms with van der Waals surface area (Å²) in [5, 5.41) is 11.9. The first kappa shape index (κ1) is 13.6. The minimum atomic E-state index is -0.767. The molecular formula is C14H21NO2. The molecule has 0 aliphatic heterocycles. The average molecular weight is 235 g/mol. The molecule has 3 heteroatoms. The molecule has 1 atom stereocenters. The van der Waals surface area contributed by atoms with Crippen LogP contribution in [0.5, 0.6) is 0 Å². The number of hydrogen-bond donors (Lipinski definition) is 2. The van der Waals surface area contributed by atoms with E-state index in [4.69, 9.17) is 5.11 Å². The topological polar surface area (TPSA) is 49.3 Å². The molecule has 0 heterocycles. The summed E-state index contributed by atoms with van der Waals surface area (Å²) in [6, 6.07) is 8.23. The molecule has 0 radical (unpaired) electrons. The van der Waals surface area contributed by atoms with E-state index in [1.54, 1.807) is 6.92 Å². The lowest BCUT2D eigenvalue weighted by Gasteiger charge is -2.10. The minimum absolute atomic E-state index is 0.366. The molecule has 0 aliphatic rings. The van der Waals surface area contributed by atoms with Gasteiger partial charge in [-0.3, -0.25) is 4.79 Å². The second-order valence-electron chi connectivity index (χ2n) is 4.42. The van der Waals surface area contributed by atoms with Gasteiger partial charge in [-0.2, -0.15) is 0 Å². The van der Waals surface area contributed by atoms with Crippen LogP contribution in [0.2, 0.25) is 0 Å². The van der Waals surface area contributed by atoms with Crippen LogP contribution in [-0.4, -0.2) is 17.6 Å². The van der Waals surface area contributed by atoms with E-state index in [9.17, 15) is 4.79 Å². The summed E-state index contributed by atoms with van der Waals surface area (Å²) in [5.74, 6) is -1.13. The Labute approximate surface area is 103 Å². The third kappa shape index (κ3) is 4.89. The molecule has 0 saturated carbocycles. The largest absolute Gasteiger partial charge is 0.481 e. The van der Waals surface area contributed by atoms with Crippen LogP contribution >= 0.6 is 0 Å². The molecule has 1 unspecified atom stereocenters. The van der Waals surface area contributed by atoms with Gasteiger partial charge < -0.3 is 10.4 Å². The predicted molar refractivity (Wildman–Crippen MR) is 70.3 cm³/mol. The maximum Gasteiger partial charge on any atom is 0.308 e. The first-order chi connectivity index (χ1) is 8.13. The standard InChI is InChI=1S/C14H21NO2/c1-3-4-5-12-6-8-13(9-7-12)15-10-11(2)14(16)17/h6-9,11,15H,3-5,10H2,1-2H3,(H,16,17). The van der Waals surface area contributed by atoms with E-state index in [1.165, 1.54) is 18.4 Å². The smallest absolute Gasteiger partial charge is 0.308 e. The van der Waals surface area contributed by atoms with E-state index in [1.807, 2.05) is 12.1 Å². The van der Waals surface area contributed by atoms with Gasteiger partial charge in [-0.1, -0.05) is 32.4 Å². The fourth-order valence-electron chi connectivity index (χ4n) is 1.53. The fourth-order valence-corrected chi connectivity index (χ4v) is 1.53. The number of hydrogen-bond acceptors (Lipinski definition) is 2.